The number of carbonyl (C=O) groups excluding carboxylic acids is 1. The van der Waals surface area contributed by atoms with Crippen molar-refractivity contribution in [3.8, 4) is 5.75 Å². The number of carbonyl (C=O) groups is 1. The molecule has 0 saturated heterocycles. The average molecular weight is 318 g/mol. The fourth-order valence-corrected chi connectivity index (χ4v) is 2.19. The normalized spacial score (nSPS) is 11.1. The maximum Gasteiger partial charge on any atom is 0.263 e. The van der Waals surface area contributed by atoms with E-state index < -0.39 is 5.60 Å². The molecule has 0 saturated carbocycles. The zero-order valence-corrected chi connectivity index (χ0v) is 13.8. The molecule has 0 bridgehead atoms. The van der Waals surface area contributed by atoms with Crippen molar-refractivity contribution in [2.24, 2.45) is 0 Å². The molecule has 2 aromatic rings. The van der Waals surface area contributed by atoms with E-state index in [-0.39, 0.29) is 5.91 Å². The number of nitrogens with one attached hydrogen (secondary N) is 1. The molecule has 0 radical (unpaired) electrons. The molecule has 1 N–H and O–H groups in total. The SMILES string of the molecule is Cc1cccc(CNC(=O)C(C)(C)Oc2ccc(Cl)cc2)c1. The van der Waals surface area contributed by atoms with E-state index in [9.17, 15) is 4.79 Å². The first-order valence-electron chi connectivity index (χ1n) is 7.15. The predicted octanol–water partition coefficient (Wildman–Crippen LogP) is 4.12. The summed E-state index contributed by atoms with van der Waals surface area (Å²) in [5.41, 5.74) is 1.27. The molecule has 0 fully saturated rings. The number of benzene rings is 2. The fourth-order valence-electron chi connectivity index (χ4n) is 2.06. The summed E-state index contributed by atoms with van der Waals surface area (Å²) in [6, 6.07) is 15.0. The van der Waals surface area contributed by atoms with Gasteiger partial charge in [-0.15, -0.1) is 0 Å². The van der Waals surface area contributed by atoms with Crippen LogP contribution < -0.4 is 10.1 Å². The van der Waals surface area contributed by atoms with E-state index in [4.69, 9.17) is 16.3 Å². The molecular formula is C18H20ClNO2. The fraction of sp³-hybridized carbons (Fsp3) is 0.278. The van der Waals surface area contributed by atoms with Gasteiger partial charge in [-0.3, -0.25) is 4.79 Å². The summed E-state index contributed by atoms with van der Waals surface area (Å²) in [6.45, 7) is 5.99. The van der Waals surface area contributed by atoms with Gasteiger partial charge >= 0.3 is 0 Å². The standard InChI is InChI=1S/C18H20ClNO2/c1-13-5-4-6-14(11-13)12-20-17(21)18(2,3)22-16-9-7-15(19)8-10-16/h4-11H,12H2,1-3H3,(H,20,21). The van der Waals surface area contributed by atoms with Gasteiger partial charge in [0.15, 0.2) is 5.60 Å². The van der Waals surface area contributed by atoms with Gasteiger partial charge in [0, 0.05) is 11.6 Å². The first-order valence-corrected chi connectivity index (χ1v) is 7.53. The van der Waals surface area contributed by atoms with Crippen molar-refractivity contribution in [3.63, 3.8) is 0 Å². The third-order valence-corrected chi connectivity index (χ3v) is 3.52. The zero-order chi connectivity index (χ0) is 16.2. The van der Waals surface area contributed by atoms with Crippen LogP contribution in [0.3, 0.4) is 0 Å². The van der Waals surface area contributed by atoms with Gasteiger partial charge in [0.1, 0.15) is 5.75 Å². The Morgan fingerprint density at radius 2 is 1.86 bits per heavy atom. The minimum atomic E-state index is -0.961. The van der Waals surface area contributed by atoms with Crippen molar-refractivity contribution in [2.75, 3.05) is 0 Å². The number of halogens is 1. The van der Waals surface area contributed by atoms with Gasteiger partial charge in [-0.05, 0) is 50.6 Å². The van der Waals surface area contributed by atoms with E-state index in [1.54, 1.807) is 38.1 Å². The molecule has 3 nitrogen and oxygen atoms in total. The molecule has 0 aliphatic rings. The van der Waals surface area contributed by atoms with E-state index in [2.05, 4.69) is 5.32 Å². The van der Waals surface area contributed by atoms with Crippen LogP contribution in [0.15, 0.2) is 48.5 Å². The smallest absolute Gasteiger partial charge is 0.263 e. The largest absolute Gasteiger partial charge is 0.478 e. The molecule has 0 aromatic heterocycles. The zero-order valence-electron chi connectivity index (χ0n) is 13.0. The summed E-state index contributed by atoms with van der Waals surface area (Å²) in [5.74, 6) is 0.448. The molecule has 1 amide bonds. The van der Waals surface area contributed by atoms with Crippen LogP contribution in [0.4, 0.5) is 0 Å². The van der Waals surface area contributed by atoms with Crippen molar-refractivity contribution >= 4 is 17.5 Å². The Balaban J connectivity index is 1.96. The van der Waals surface area contributed by atoms with E-state index in [0.717, 1.165) is 5.56 Å². The first kappa shape index (κ1) is 16.4. The van der Waals surface area contributed by atoms with Crippen LogP contribution >= 0.6 is 11.6 Å². The van der Waals surface area contributed by atoms with Gasteiger partial charge < -0.3 is 10.1 Å². The summed E-state index contributed by atoms with van der Waals surface area (Å²) < 4.78 is 5.76. The molecule has 0 aliphatic heterocycles. The number of ether oxygens (including phenoxy) is 1. The molecule has 0 unspecified atom stereocenters. The lowest BCUT2D eigenvalue weighted by Crippen LogP contribution is -2.46. The summed E-state index contributed by atoms with van der Waals surface area (Å²) in [4.78, 5) is 12.3. The first-order chi connectivity index (χ1) is 10.4. The van der Waals surface area contributed by atoms with Gasteiger partial charge in [-0.2, -0.15) is 0 Å². The lowest BCUT2D eigenvalue weighted by atomic mass is 10.1. The highest BCUT2D eigenvalue weighted by molar-refractivity contribution is 6.30. The second-order valence-corrected chi connectivity index (χ2v) is 6.17. The Kier molecular flexibility index (Phi) is 5.09. The molecule has 22 heavy (non-hydrogen) atoms. The molecule has 4 heteroatoms. The van der Waals surface area contributed by atoms with Crippen molar-refractivity contribution in [3.05, 3.63) is 64.7 Å². The third-order valence-electron chi connectivity index (χ3n) is 3.27. The van der Waals surface area contributed by atoms with Crippen molar-refractivity contribution in [1.29, 1.82) is 0 Å². The van der Waals surface area contributed by atoms with Crippen LogP contribution in [0, 0.1) is 6.92 Å². The Morgan fingerprint density at radius 1 is 1.18 bits per heavy atom. The minimum absolute atomic E-state index is 0.163. The second-order valence-electron chi connectivity index (χ2n) is 5.74. The Hall–Kier alpha value is -2.00. The summed E-state index contributed by atoms with van der Waals surface area (Å²) >= 11 is 5.84. The number of amides is 1. The lowest BCUT2D eigenvalue weighted by molar-refractivity contribution is -0.134. The van der Waals surface area contributed by atoms with Crippen molar-refractivity contribution in [1.82, 2.24) is 5.32 Å². The van der Waals surface area contributed by atoms with E-state index in [1.165, 1.54) is 5.56 Å². The molecule has 2 rings (SSSR count). The maximum atomic E-state index is 12.3. The highest BCUT2D eigenvalue weighted by Crippen LogP contribution is 2.21. The third kappa shape index (κ3) is 4.50. The molecule has 0 spiro atoms. The van der Waals surface area contributed by atoms with Gasteiger partial charge in [0.05, 0.1) is 0 Å². The summed E-state index contributed by atoms with van der Waals surface area (Å²) in [6.07, 6.45) is 0. The second kappa shape index (κ2) is 6.84. The van der Waals surface area contributed by atoms with Crippen LogP contribution in [0.5, 0.6) is 5.75 Å². The highest BCUT2D eigenvalue weighted by Gasteiger charge is 2.29. The maximum absolute atomic E-state index is 12.3. The molecule has 116 valence electrons. The van der Waals surface area contributed by atoms with Crippen LogP contribution in [-0.4, -0.2) is 11.5 Å². The monoisotopic (exact) mass is 317 g/mol. The lowest BCUT2D eigenvalue weighted by Gasteiger charge is -2.25. The minimum Gasteiger partial charge on any atom is -0.478 e. The molecule has 0 atom stereocenters. The Bertz CT molecular complexity index is 650. The Labute approximate surface area is 136 Å². The summed E-state index contributed by atoms with van der Waals surface area (Å²) in [5, 5.41) is 3.54. The van der Waals surface area contributed by atoms with Crippen LogP contribution in [-0.2, 0) is 11.3 Å². The molecule has 0 heterocycles. The highest BCUT2D eigenvalue weighted by atomic mass is 35.5. The topological polar surface area (TPSA) is 38.3 Å². The van der Waals surface area contributed by atoms with E-state index in [1.807, 2.05) is 31.2 Å². The molecule has 0 aliphatic carbocycles. The summed E-state index contributed by atoms with van der Waals surface area (Å²) in [7, 11) is 0. The predicted molar refractivity (Wildman–Crippen MR) is 89.2 cm³/mol. The van der Waals surface area contributed by atoms with Gasteiger partial charge in [-0.1, -0.05) is 41.4 Å². The van der Waals surface area contributed by atoms with Crippen LogP contribution in [0.2, 0.25) is 5.02 Å². The molecular weight excluding hydrogens is 298 g/mol. The average Bonchev–Trinajstić information content (AvgIpc) is 2.47. The van der Waals surface area contributed by atoms with E-state index in [0.29, 0.717) is 17.3 Å². The van der Waals surface area contributed by atoms with Gasteiger partial charge in [-0.25, -0.2) is 0 Å². The number of rotatable bonds is 5. The van der Waals surface area contributed by atoms with Gasteiger partial charge in [0.25, 0.3) is 5.91 Å². The van der Waals surface area contributed by atoms with Crippen LogP contribution in [0.25, 0.3) is 0 Å². The number of hydrogen-bond acceptors (Lipinski definition) is 2. The van der Waals surface area contributed by atoms with Crippen molar-refractivity contribution < 1.29 is 9.53 Å². The van der Waals surface area contributed by atoms with E-state index >= 15 is 0 Å². The Morgan fingerprint density at radius 3 is 2.50 bits per heavy atom. The van der Waals surface area contributed by atoms with Crippen molar-refractivity contribution in [2.45, 2.75) is 32.9 Å². The van der Waals surface area contributed by atoms with Crippen LogP contribution in [0.1, 0.15) is 25.0 Å². The molecule has 2 aromatic carbocycles. The number of hydrogen-bond donors (Lipinski definition) is 1. The quantitative estimate of drug-likeness (QED) is 0.900. The number of aryl methyl sites for hydroxylation is 1. The van der Waals surface area contributed by atoms with Gasteiger partial charge in [0.2, 0.25) is 0 Å².